The molecule has 2 amide bonds. The summed E-state index contributed by atoms with van der Waals surface area (Å²) in [5.74, 6) is -0.836. The Labute approximate surface area is 248 Å². The maximum absolute atomic E-state index is 13.2. The number of rotatable bonds is 6. The average molecular weight is 587 g/mol. The van der Waals surface area contributed by atoms with Gasteiger partial charge in [0, 0.05) is 35.2 Å². The van der Waals surface area contributed by atoms with Gasteiger partial charge in [-0.1, -0.05) is 30.3 Å². The van der Waals surface area contributed by atoms with Crippen LogP contribution in [0.5, 0.6) is 0 Å². The van der Waals surface area contributed by atoms with Gasteiger partial charge in [0.1, 0.15) is 6.07 Å². The lowest BCUT2D eigenvalue weighted by atomic mass is 9.96. The number of amides is 2. The third-order valence-corrected chi connectivity index (χ3v) is 8.89. The zero-order valence-electron chi connectivity index (χ0n) is 23.0. The first-order valence-corrected chi connectivity index (χ1v) is 14.2. The Bertz CT molecular complexity index is 2200. The first-order valence-electron chi connectivity index (χ1n) is 13.3. The highest BCUT2D eigenvalue weighted by molar-refractivity contribution is 7.22. The Kier molecular flexibility index (Phi) is 6.23. The van der Waals surface area contributed by atoms with Crippen LogP contribution in [0.15, 0.2) is 71.7 Å². The van der Waals surface area contributed by atoms with E-state index < -0.39 is 17.4 Å². The Morgan fingerprint density at radius 1 is 0.977 bits per heavy atom. The minimum absolute atomic E-state index is 0.131. The molecular formula is C32H22N6O4S. The molecule has 1 aliphatic heterocycles. The van der Waals surface area contributed by atoms with Gasteiger partial charge in [0.05, 0.1) is 57.7 Å². The molecule has 3 aromatic heterocycles. The van der Waals surface area contributed by atoms with Crippen molar-refractivity contribution < 1.29 is 14.3 Å². The molecule has 1 aliphatic rings. The van der Waals surface area contributed by atoms with Crippen molar-refractivity contribution in [3.63, 3.8) is 0 Å². The minimum Gasteiger partial charge on any atom is -0.380 e. The number of nitriles is 1. The fourth-order valence-electron chi connectivity index (χ4n) is 5.75. The molecule has 1 N–H and O–H groups in total. The molecule has 3 aromatic carbocycles. The van der Waals surface area contributed by atoms with E-state index in [9.17, 15) is 19.6 Å². The molecule has 11 heteroatoms. The number of aromatic nitrogens is 4. The smallest absolute Gasteiger partial charge is 0.272 e. The molecule has 0 fully saturated rings. The van der Waals surface area contributed by atoms with Gasteiger partial charge in [-0.3, -0.25) is 24.0 Å². The molecular weight excluding hydrogens is 564 g/mol. The maximum Gasteiger partial charge on any atom is 0.272 e. The largest absolute Gasteiger partial charge is 0.380 e. The molecule has 0 aliphatic carbocycles. The van der Waals surface area contributed by atoms with Crippen molar-refractivity contribution in [1.82, 2.24) is 24.9 Å². The second-order valence-corrected chi connectivity index (χ2v) is 11.2. The van der Waals surface area contributed by atoms with Gasteiger partial charge >= 0.3 is 0 Å². The van der Waals surface area contributed by atoms with Gasteiger partial charge in [0.25, 0.3) is 17.4 Å². The van der Waals surface area contributed by atoms with Crippen LogP contribution in [0, 0.1) is 11.3 Å². The molecule has 0 saturated heterocycles. The molecule has 0 saturated carbocycles. The van der Waals surface area contributed by atoms with E-state index in [1.54, 1.807) is 42.3 Å². The van der Waals surface area contributed by atoms with Crippen LogP contribution in [0.4, 0.5) is 0 Å². The third-order valence-electron chi connectivity index (χ3n) is 7.71. The Hall–Kier alpha value is -5.44. The van der Waals surface area contributed by atoms with Crippen LogP contribution < -0.4 is 5.56 Å². The van der Waals surface area contributed by atoms with Gasteiger partial charge in [-0.2, -0.15) is 15.5 Å². The van der Waals surface area contributed by atoms with Crippen molar-refractivity contribution >= 4 is 44.0 Å². The van der Waals surface area contributed by atoms with Crippen molar-refractivity contribution in [3.05, 3.63) is 105 Å². The van der Waals surface area contributed by atoms with Crippen LogP contribution in [0.2, 0.25) is 0 Å². The summed E-state index contributed by atoms with van der Waals surface area (Å²) in [5.41, 5.74) is 3.99. The molecule has 7 rings (SSSR count). The van der Waals surface area contributed by atoms with E-state index in [1.165, 1.54) is 11.3 Å². The van der Waals surface area contributed by atoms with Crippen molar-refractivity contribution in [3.8, 4) is 27.8 Å². The van der Waals surface area contributed by atoms with Gasteiger partial charge in [-0.05, 0) is 41.5 Å². The van der Waals surface area contributed by atoms with Crippen LogP contribution in [0.1, 0.15) is 37.5 Å². The highest BCUT2D eigenvalue weighted by Gasteiger charge is 2.36. The summed E-state index contributed by atoms with van der Waals surface area (Å²) in [6.45, 7) is -0.00386. The minimum atomic E-state index is -0.418. The number of ether oxygens (including phenoxy) is 1. The number of aryl methyl sites for hydroxylation is 1. The number of benzene rings is 3. The van der Waals surface area contributed by atoms with E-state index in [1.807, 2.05) is 43.4 Å². The second-order valence-electron chi connectivity index (χ2n) is 10.2. The number of thiophene rings is 1. The van der Waals surface area contributed by atoms with Crippen LogP contribution in [-0.2, 0) is 24.9 Å². The van der Waals surface area contributed by atoms with E-state index in [-0.39, 0.29) is 13.2 Å². The quantitative estimate of drug-likeness (QED) is 0.271. The second kappa shape index (κ2) is 10.1. The van der Waals surface area contributed by atoms with E-state index in [0.717, 1.165) is 36.7 Å². The number of hydrogen-bond donors (Lipinski definition) is 1. The lowest BCUT2D eigenvalue weighted by Crippen LogP contribution is -2.30. The predicted octanol–water partition coefficient (Wildman–Crippen LogP) is 5.02. The van der Waals surface area contributed by atoms with Gasteiger partial charge in [0.2, 0.25) is 0 Å². The summed E-state index contributed by atoms with van der Waals surface area (Å²) >= 11 is 1.51. The van der Waals surface area contributed by atoms with Crippen molar-refractivity contribution in [2.45, 2.75) is 13.2 Å². The number of H-pyrrole nitrogens is 1. The standard InChI is InChI=1S/C32H22N6O4S/c1-37-28(29-23(13-33)19-7-5-6-10-26(19)43-29)24(14-34-37)17-11-18(16-42-2)27-22(12-17)25(35-36-30(27)39)15-38-31(40)20-8-3-4-9-21(20)32(38)41/h3-12,14H,15-16H2,1-2H3,(H,36,39). The number of aromatic amines is 1. The van der Waals surface area contributed by atoms with Gasteiger partial charge < -0.3 is 4.74 Å². The van der Waals surface area contributed by atoms with Crippen LogP contribution in [0.3, 0.4) is 0 Å². The summed E-state index contributed by atoms with van der Waals surface area (Å²) < 4.78 is 8.19. The first kappa shape index (κ1) is 26.5. The summed E-state index contributed by atoms with van der Waals surface area (Å²) in [4.78, 5) is 41.4. The fourth-order valence-corrected chi connectivity index (χ4v) is 6.99. The van der Waals surface area contributed by atoms with E-state index in [2.05, 4.69) is 21.4 Å². The summed E-state index contributed by atoms with van der Waals surface area (Å²) in [6, 6.07) is 20.5. The number of carbonyl (C=O) groups excluding carboxylic acids is 2. The molecule has 0 unspecified atom stereocenters. The Morgan fingerprint density at radius 2 is 1.70 bits per heavy atom. The number of imide groups is 1. The van der Waals surface area contributed by atoms with Crippen molar-refractivity contribution in [2.24, 2.45) is 7.05 Å². The normalized spacial score (nSPS) is 12.8. The van der Waals surface area contributed by atoms with E-state index >= 15 is 0 Å². The predicted molar refractivity (Wildman–Crippen MR) is 161 cm³/mol. The highest BCUT2D eigenvalue weighted by Crippen LogP contribution is 2.43. The highest BCUT2D eigenvalue weighted by atomic mass is 32.1. The number of methoxy groups -OCH3 is 1. The topological polar surface area (TPSA) is 134 Å². The van der Waals surface area contributed by atoms with Gasteiger partial charge in [-0.15, -0.1) is 11.3 Å². The maximum atomic E-state index is 13.2. The third kappa shape index (κ3) is 4.07. The lowest BCUT2D eigenvalue weighted by Gasteiger charge is -2.16. The summed E-state index contributed by atoms with van der Waals surface area (Å²) in [5, 5.41) is 23.2. The van der Waals surface area contributed by atoms with Crippen LogP contribution in [-0.4, -0.2) is 43.8 Å². The van der Waals surface area contributed by atoms with Crippen molar-refractivity contribution in [1.29, 1.82) is 5.26 Å². The number of carbonyl (C=O) groups is 2. The molecule has 4 heterocycles. The van der Waals surface area contributed by atoms with Gasteiger partial charge in [-0.25, -0.2) is 5.10 Å². The monoisotopic (exact) mass is 586 g/mol. The molecule has 43 heavy (non-hydrogen) atoms. The molecule has 6 aromatic rings. The average Bonchev–Trinajstić information content (AvgIpc) is 3.66. The fraction of sp³-hybridized carbons (Fsp3) is 0.125. The zero-order chi connectivity index (χ0) is 29.8. The molecule has 0 atom stereocenters. The van der Waals surface area contributed by atoms with E-state index in [0.29, 0.717) is 38.7 Å². The number of nitrogens with zero attached hydrogens (tertiary/aromatic N) is 5. The lowest BCUT2D eigenvalue weighted by molar-refractivity contribution is 0.0640. The van der Waals surface area contributed by atoms with Crippen LogP contribution in [0.25, 0.3) is 42.6 Å². The molecule has 0 spiro atoms. The number of fused-ring (bicyclic) bond motifs is 3. The van der Waals surface area contributed by atoms with Crippen molar-refractivity contribution in [2.75, 3.05) is 7.11 Å². The summed E-state index contributed by atoms with van der Waals surface area (Å²) in [7, 11) is 3.36. The summed E-state index contributed by atoms with van der Waals surface area (Å²) in [6.07, 6.45) is 1.73. The number of hydrogen-bond acceptors (Lipinski definition) is 8. The van der Waals surface area contributed by atoms with Gasteiger partial charge in [0.15, 0.2) is 0 Å². The molecule has 10 nitrogen and oxygen atoms in total. The first-order chi connectivity index (χ1) is 20.9. The Balaban J connectivity index is 1.42. The molecule has 0 bridgehead atoms. The zero-order valence-corrected chi connectivity index (χ0v) is 23.9. The molecule has 210 valence electrons. The molecule has 0 radical (unpaired) electrons. The van der Waals surface area contributed by atoms with E-state index in [4.69, 9.17) is 4.74 Å². The SMILES string of the molecule is COCc1cc(-c2cnn(C)c2-c2sc3ccccc3c2C#N)cc2c(CN3C(=O)c4ccccc4C3=O)n[nH]c(=O)c12. The number of nitrogens with one attached hydrogen (secondary N) is 1. The van der Waals surface area contributed by atoms with Crippen LogP contribution >= 0.6 is 11.3 Å². The Morgan fingerprint density at radius 3 is 2.42 bits per heavy atom.